The van der Waals surface area contributed by atoms with Crippen LogP contribution in [0, 0.1) is 6.92 Å². The topological polar surface area (TPSA) is 125 Å². The van der Waals surface area contributed by atoms with Gasteiger partial charge < -0.3 is 15.8 Å². The summed E-state index contributed by atoms with van der Waals surface area (Å²) in [6.45, 7) is 8.94. The Kier molecular flexibility index (Phi) is 6.75. The van der Waals surface area contributed by atoms with Crippen molar-refractivity contribution >= 4 is 46.1 Å². The zero-order valence-corrected chi connectivity index (χ0v) is 16.3. The van der Waals surface area contributed by atoms with Crippen LogP contribution in [-0.2, 0) is 9.53 Å². The number of rotatable bonds is 8. The van der Waals surface area contributed by atoms with E-state index in [1.54, 1.807) is 18.4 Å². The summed E-state index contributed by atoms with van der Waals surface area (Å²) < 4.78 is 6.56. The third-order valence-corrected chi connectivity index (χ3v) is 5.15. The SMILES string of the molecule is C=CCOC(=O)c1sc(NC(=O)C(C)n2c(N)nnc2SCC)nc1C. The molecule has 1 amide bonds. The highest BCUT2D eigenvalue weighted by molar-refractivity contribution is 7.99. The van der Waals surface area contributed by atoms with Gasteiger partial charge in [-0.05, 0) is 19.6 Å². The lowest BCUT2D eigenvalue weighted by Crippen LogP contribution is -2.25. The molecular formula is C15H20N6O3S2. The van der Waals surface area contributed by atoms with Crippen LogP contribution in [0.25, 0.3) is 0 Å². The van der Waals surface area contributed by atoms with Gasteiger partial charge in [0.1, 0.15) is 17.5 Å². The fourth-order valence-corrected chi connectivity index (χ4v) is 3.66. The van der Waals surface area contributed by atoms with Crippen molar-refractivity contribution in [3.63, 3.8) is 0 Å². The van der Waals surface area contributed by atoms with Crippen molar-refractivity contribution in [1.29, 1.82) is 0 Å². The molecule has 0 spiro atoms. The van der Waals surface area contributed by atoms with Gasteiger partial charge in [-0.2, -0.15) is 0 Å². The number of hydrogen-bond donors (Lipinski definition) is 2. The molecule has 2 rings (SSSR count). The van der Waals surface area contributed by atoms with E-state index in [1.165, 1.54) is 17.8 Å². The highest BCUT2D eigenvalue weighted by atomic mass is 32.2. The number of anilines is 2. The normalized spacial score (nSPS) is 11.8. The lowest BCUT2D eigenvalue weighted by atomic mass is 10.3. The zero-order valence-electron chi connectivity index (χ0n) is 14.7. The lowest BCUT2D eigenvalue weighted by molar-refractivity contribution is -0.118. The molecule has 0 fully saturated rings. The van der Waals surface area contributed by atoms with Crippen LogP contribution in [0.1, 0.15) is 35.3 Å². The number of hydrogen-bond acceptors (Lipinski definition) is 9. The number of thiazole rings is 1. The van der Waals surface area contributed by atoms with Crippen molar-refractivity contribution in [2.24, 2.45) is 0 Å². The number of carbonyl (C=O) groups is 2. The van der Waals surface area contributed by atoms with E-state index in [9.17, 15) is 9.59 Å². The van der Waals surface area contributed by atoms with Crippen molar-refractivity contribution < 1.29 is 14.3 Å². The van der Waals surface area contributed by atoms with E-state index in [0.29, 0.717) is 20.9 Å². The number of ether oxygens (including phenoxy) is 1. The standard InChI is InChI=1S/C15H20N6O3S2/c1-5-7-24-12(23)10-8(3)17-14(26-10)18-11(22)9(4)21-13(16)19-20-15(21)25-6-2/h5,9H,1,6-7H2,2-4H3,(H2,16,19)(H,17,18,22). The van der Waals surface area contributed by atoms with E-state index < -0.39 is 12.0 Å². The number of nitrogens with zero attached hydrogens (tertiary/aromatic N) is 4. The van der Waals surface area contributed by atoms with Crippen LogP contribution in [0.3, 0.4) is 0 Å². The molecule has 0 aliphatic heterocycles. The molecule has 2 aromatic rings. The third kappa shape index (κ3) is 4.41. The van der Waals surface area contributed by atoms with Crippen LogP contribution < -0.4 is 11.1 Å². The maximum atomic E-state index is 12.6. The van der Waals surface area contributed by atoms with E-state index in [2.05, 4.69) is 27.1 Å². The second-order valence-electron chi connectivity index (χ2n) is 5.13. The Balaban J connectivity index is 2.14. The first kappa shape index (κ1) is 19.9. The Hall–Kier alpha value is -2.40. The van der Waals surface area contributed by atoms with E-state index in [1.807, 2.05) is 6.92 Å². The molecule has 0 aromatic carbocycles. The largest absolute Gasteiger partial charge is 0.457 e. The molecule has 0 bridgehead atoms. The minimum atomic E-state index is -0.639. The number of thioether (sulfide) groups is 1. The first-order valence-electron chi connectivity index (χ1n) is 7.78. The number of aromatic nitrogens is 4. The Morgan fingerprint density at radius 1 is 1.50 bits per heavy atom. The van der Waals surface area contributed by atoms with Crippen LogP contribution in [0.15, 0.2) is 17.8 Å². The summed E-state index contributed by atoms with van der Waals surface area (Å²) in [5.41, 5.74) is 6.32. The molecule has 0 saturated carbocycles. The number of nitrogen functional groups attached to an aromatic ring is 1. The fourth-order valence-electron chi connectivity index (χ4n) is 2.05. The van der Waals surface area contributed by atoms with Crippen LogP contribution in [-0.4, -0.2) is 44.0 Å². The predicted molar refractivity (Wildman–Crippen MR) is 102 cm³/mol. The Bertz CT molecular complexity index is 816. The minimum absolute atomic E-state index is 0.111. The second-order valence-corrected chi connectivity index (χ2v) is 7.36. The lowest BCUT2D eigenvalue weighted by Gasteiger charge is -2.15. The summed E-state index contributed by atoms with van der Waals surface area (Å²) in [4.78, 5) is 29.1. The average Bonchev–Trinajstić information content (AvgIpc) is 3.15. The first-order chi connectivity index (χ1) is 12.4. The van der Waals surface area contributed by atoms with Gasteiger partial charge in [-0.1, -0.05) is 42.7 Å². The van der Waals surface area contributed by atoms with E-state index in [0.717, 1.165) is 17.1 Å². The molecule has 1 atom stereocenters. The molecule has 2 aromatic heterocycles. The van der Waals surface area contributed by atoms with Crippen molar-refractivity contribution in [3.05, 3.63) is 23.2 Å². The number of esters is 1. The summed E-state index contributed by atoms with van der Waals surface area (Å²) in [5, 5.41) is 11.4. The van der Waals surface area contributed by atoms with Gasteiger partial charge >= 0.3 is 5.97 Å². The van der Waals surface area contributed by atoms with Gasteiger partial charge in [-0.25, -0.2) is 9.78 Å². The van der Waals surface area contributed by atoms with Crippen LogP contribution in [0.4, 0.5) is 11.1 Å². The predicted octanol–water partition coefficient (Wildman–Crippen LogP) is 2.28. The molecule has 0 aliphatic carbocycles. The van der Waals surface area contributed by atoms with E-state index in [4.69, 9.17) is 10.5 Å². The van der Waals surface area contributed by atoms with Gasteiger partial charge in [-0.15, -0.1) is 10.2 Å². The van der Waals surface area contributed by atoms with Crippen molar-refractivity contribution in [1.82, 2.24) is 19.7 Å². The van der Waals surface area contributed by atoms with Crippen molar-refractivity contribution in [2.75, 3.05) is 23.4 Å². The molecule has 1 unspecified atom stereocenters. The maximum Gasteiger partial charge on any atom is 0.350 e. The Morgan fingerprint density at radius 3 is 2.88 bits per heavy atom. The van der Waals surface area contributed by atoms with Crippen LogP contribution in [0.5, 0.6) is 0 Å². The number of aryl methyl sites for hydroxylation is 1. The molecular weight excluding hydrogens is 376 g/mol. The second kappa shape index (κ2) is 8.81. The van der Waals surface area contributed by atoms with Crippen molar-refractivity contribution in [3.8, 4) is 0 Å². The molecule has 0 saturated heterocycles. The smallest absolute Gasteiger partial charge is 0.350 e. The van der Waals surface area contributed by atoms with Gasteiger partial charge in [-0.3, -0.25) is 9.36 Å². The van der Waals surface area contributed by atoms with Gasteiger partial charge in [0.05, 0.1) is 5.69 Å². The molecule has 3 N–H and O–H groups in total. The summed E-state index contributed by atoms with van der Waals surface area (Å²) in [5.74, 6) is 0.0916. The highest BCUT2D eigenvalue weighted by Crippen LogP contribution is 2.26. The monoisotopic (exact) mass is 396 g/mol. The van der Waals surface area contributed by atoms with Crippen molar-refractivity contribution in [2.45, 2.75) is 32.0 Å². The maximum absolute atomic E-state index is 12.6. The van der Waals surface area contributed by atoms with E-state index in [-0.39, 0.29) is 18.5 Å². The number of carbonyl (C=O) groups excluding carboxylic acids is 2. The summed E-state index contributed by atoms with van der Waals surface area (Å²) in [6.07, 6.45) is 1.48. The number of nitrogens with two attached hydrogens (primary N) is 1. The van der Waals surface area contributed by atoms with Gasteiger partial charge in [0.25, 0.3) is 0 Å². The third-order valence-electron chi connectivity index (χ3n) is 3.28. The molecule has 26 heavy (non-hydrogen) atoms. The summed E-state index contributed by atoms with van der Waals surface area (Å²) >= 11 is 2.49. The zero-order chi connectivity index (χ0) is 19.3. The quantitative estimate of drug-likeness (QED) is 0.395. The molecule has 0 radical (unpaired) electrons. The number of amides is 1. The minimum Gasteiger partial charge on any atom is -0.457 e. The first-order valence-corrected chi connectivity index (χ1v) is 9.58. The fraction of sp³-hybridized carbons (Fsp3) is 0.400. The molecule has 11 heteroatoms. The van der Waals surface area contributed by atoms with Gasteiger partial charge in [0.2, 0.25) is 11.9 Å². The number of nitrogens with one attached hydrogen (secondary N) is 1. The van der Waals surface area contributed by atoms with E-state index >= 15 is 0 Å². The average molecular weight is 396 g/mol. The Labute approximate surface area is 159 Å². The summed E-state index contributed by atoms with van der Waals surface area (Å²) in [7, 11) is 0. The Morgan fingerprint density at radius 2 is 2.23 bits per heavy atom. The molecule has 140 valence electrons. The molecule has 2 heterocycles. The molecule has 9 nitrogen and oxygen atoms in total. The van der Waals surface area contributed by atoms with Gasteiger partial charge in [0, 0.05) is 0 Å². The van der Waals surface area contributed by atoms with Gasteiger partial charge in [0.15, 0.2) is 10.3 Å². The molecule has 0 aliphatic rings. The highest BCUT2D eigenvalue weighted by Gasteiger charge is 2.24. The summed E-state index contributed by atoms with van der Waals surface area (Å²) in [6, 6.07) is -0.639. The van der Waals surface area contributed by atoms with Crippen LogP contribution in [0.2, 0.25) is 0 Å². The van der Waals surface area contributed by atoms with Crippen LogP contribution >= 0.6 is 23.1 Å².